The number of amides is 2. The van der Waals surface area contributed by atoms with E-state index in [-0.39, 0.29) is 37.7 Å². The van der Waals surface area contributed by atoms with Gasteiger partial charge in [0.25, 0.3) is 0 Å². The summed E-state index contributed by atoms with van der Waals surface area (Å²) in [5, 5.41) is 3.47. The van der Waals surface area contributed by atoms with E-state index in [0.717, 1.165) is 17.4 Å². The first-order valence-corrected chi connectivity index (χ1v) is 15.5. The number of benzene rings is 3. The molecule has 0 radical (unpaired) electrons. The van der Waals surface area contributed by atoms with E-state index in [1.807, 2.05) is 81.4 Å². The molecule has 40 heavy (non-hydrogen) atoms. The zero-order valence-electron chi connectivity index (χ0n) is 23.5. The first kappa shape index (κ1) is 31.2. The van der Waals surface area contributed by atoms with Crippen molar-refractivity contribution in [3.63, 3.8) is 0 Å². The molecule has 9 heteroatoms. The van der Waals surface area contributed by atoms with Gasteiger partial charge in [0.1, 0.15) is 6.04 Å². The van der Waals surface area contributed by atoms with Crippen LogP contribution in [0.1, 0.15) is 44.7 Å². The molecular formula is C31H38ClN3O4S. The molecule has 1 atom stereocenters. The fourth-order valence-electron chi connectivity index (χ4n) is 4.42. The number of halogens is 1. The molecular weight excluding hydrogens is 546 g/mol. The van der Waals surface area contributed by atoms with Crippen LogP contribution in [0.15, 0.2) is 84.9 Å². The number of carbonyl (C=O) groups is 2. The molecule has 214 valence electrons. The molecule has 0 aliphatic rings. The molecule has 3 aromatic carbocycles. The Balaban J connectivity index is 1.88. The SMILES string of the molecule is CC(C)(C)NC(=O)[C@@H](Cc1ccccc1)N(Cc1ccccc1)C(=O)CCCN(c1cccc(Cl)c1)S(C)(=O)=O. The van der Waals surface area contributed by atoms with Gasteiger partial charge in [-0.1, -0.05) is 78.3 Å². The smallest absolute Gasteiger partial charge is 0.243 e. The van der Waals surface area contributed by atoms with Crippen molar-refractivity contribution < 1.29 is 18.0 Å². The maximum absolute atomic E-state index is 13.8. The van der Waals surface area contributed by atoms with Crippen LogP contribution < -0.4 is 9.62 Å². The van der Waals surface area contributed by atoms with Gasteiger partial charge < -0.3 is 10.2 Å². The highest BCUT2D eigenvalue weighted by atomic mass is 35.5. The molecule has 0 aliphatic carbocycles. The van der Waals surface area contributed by atoms with Gasteiger partial charge in [-0.25, -0.2) is 8.42 Å². The van der Waals surface area contributed by atoms with Gasteiger partial charge in [-0.3, -0.25) is 13.9 Å². The second-order valence-electron chi connectivity index (χ2n) is 10.9. The van der Waals surface area contributed by atoms with Crippen LogP contribution >= 0.6 is 11.6 Å². The Morgan fingerprint density at radius 2 is 1.50 bits per heavy atom. The fourth-order valence-corrected chi connectivity index (χ4v) is 5.56. The summed E-state index contributed by atoms with van der Waals surface area (Å²) in [7, 11) is -3.61. The molecule has 0 saturated carbocycles. The molecule has 3 rings (SSSR count). The van der Waals surface area contributed by atoms with E-state index in [0.29, 0.717) is 17.1 Å². The standard InChI is InChI=1S/C31H38ClN3O4S/c1-31(2,3)33-30(37)28(21-24-13-7-5-8-14-24)34(23-25-15-9-6-10-16-25)29(36)19-12-20-35(40(4,38)39)27-18-11-17-26(32)22-27/h5-11,13-18,22,28H,12,19-21,23H2,1-4H3,(H,33,37)/t28-/m1/s1. The molecule has 0 saturated heterocycles. The second kappa shape index (κ2) is 13.8. The Hall–Kier alpha value is -3.36. The highest BCUT2D eigenvalue weighted by molar-refractivity contribution is 7.92. The second-order valence-corrected chi connectivity index (χ2v) is 13.2. The normalized spacial score (nSPS) is 12.4. The monoisotopic (exact) mass is 583 g/mol. The molecule has 3 aromatic rings. The van der Waals surface area contributed by atoms with Gasteiger partial charge in [0, 0.05) is 36.5 Å². The molecule has 2 amide bonds. The average Bonchev–Trinajstić information content (AvgIpc) is 2.88. The molecule has 7 nitrogen and oxygen atoms in total. The van der Waals surface area contributed by atoms with Gasteiger partial charge in [0.15, 0.2) is 0 Å². The van der Waals surface area contributed by atoms with E-state index < -0.39 is 21.6 Å². The van der Waals surface area contributed by atoms with Gasteiger partial charge in [-0.15, -0.1) is 0 Å². The summed E-state index contributed by atoms with van der Waals surface area (Å²) >= 11 is 6.10. The minimum Gasteiger partial charge on any atom is -0.350 e. The van der Waals surface area contributed by atoms with E-state index in [2.05, 4.69) is 5.32 Å². The molecule has 0 aromatic heterocycles. The number of nitrogens with zero attached hydrogens (tertiary/aromatic N) is 2. The van der Waals surface area contributed by atoms with Crippen LogP contribution in [0.5, 0.6) is 0 Å². The van der Waals surface area contributed by atoms with Crippen molar-refractivity contribution in [3.8, 4) is 0 Å². The maximum Gasteiger partial charge on any atom is 0.243 e. The highest BCUT2D eigenvalue weighted by Gasteiger charge is 2.32. The molecule has 1 N–H and O–H groups in total. The highest BCUT2D eigenvalue weighted by Crippen LogP contribution is 2.23. The summed E-state index contributed by atoms with van der Waals surface area (Å²) < 4.78 is 26.4. The number of sulfonamides is 1. The van der Waals surface area contributed by atoms with Crippen LogP contribution in [-0.4, -0.2) is 49.5 Å². The summed E-state index contributed by atoms with van der Waals surface area (Å²) in [5.74, 6) is -0.467. The molecule has 0 spiro atoms. The summed E-state index contributed by atoms with van der Waals surface area (Å²) in [4.78, 5) is 29.1. The van der Waals surface area contributed by atoms with E-state index in [1.165, 1.54) is 4.31 Å². The first-order valence-electron chi connectivity index (χ1n) is 13.3. The van der Waals surface area contributed by atoms with Crippen molar-refractivity contribution in [2.45, 2.75) is 58.2 Å². The molecule has 0 heterocycles. The lowest BCUT2D eigenvalue weighted by molar-refractivity contribution is -0.142. The van der Waals surface area contributed by atoms with Gasteiger partial charge in [-0.2, -0.15) is 0 Å². The van der Waals surface area contributed by atoms with E-state index in [4.69, 9.17) is 11.6 Å². The molecule has 0 fully saturated rings. The van der Waals surface area contributed by atoms with Crippen molar-refractivity contribution in [2.75, 3.05) is 17.1 Å². The van der Waals surface area contributed by atoms with E-state index in [1.54, 1.807) is 29.2 Å². The lowest BCUT2D eigenvalue weighted by atomic mass is 10.00. The summed E-state index contributed by atoms with van der Waals surface area (Å²) in [6.07, 6.45) is 1.81. The number of nitrogens with one attached hydrogen (secondary N) is 1. The number of hydrogen-bond donors (Lipinski definition) is 1. The van der Waals surface area contributed by atoms with Gasteiger partial charge in [0.05, 0.1) is 11.9 Å². The van der Waals surface area contributed by atoms with Crippen LogP contribution in [0.3, 0.4) is 0 Å². The third-order valence-electron chi connectivity index (χ3n) is 6.21. The first-order chi connectivity index (χ1) is 18.8. The lowest BCUT2D eigenvalue weighted by Crippen LogP contribution is -2.54. The lowest BCUT2D eigenvalue weighted by Gasteiger charge is -2.34. The summed E-state index contributed by atoms with van der Waals surface area (Å²) in [5.41, 5.74) is 1.79. The Morgan fingerprint density at radius 3 is 2.05 bits per heavy atom. The van der Waals surface area contributed by atoms with Crippen LogP contribution in [0.25, 0.3) is 0 Å². The van der Waals surface area contributed by atoms with Crippen LogP contribution in [0.2, 0.25) is 5.02 Å². The number of rotatable bonds is 12. The van der Waals surface area contributed by atoms with Crippen molar-refractivity contribution in [3.05, 3.63) is 101 Å². The van der Waals surface area contributed by atoms with Crippen molar-refractivity contribution in [1.29, 1.82) is 0 Å². The van der Waals surface area contributed by atoms with Crippen molar-refractivity contribution >= 4 is 39.1 Å². The van der Waals surface area contributed by atoms with Crippen LogP contribution in [0.4, 0.5) is 5.69 Å². The predicted molar refractivity (Wildman–Crippen MR) is 162 cm³/mol. The third-order valence-corrected chi connectivity index (χ3v) is 7.64. The molecule has 0 aliphatic heterocycles. The van der Waals surface area contributed by atoms with Crippen LogP contribution in [-0.2, 0) is 32.6 Å². The zero-order chi connectivity index (χ0) is 29.3. The summed E-state index contributed by atoms with van der Waals surface area (Å²) in [6, 6.07) is 25.0. The Labute approximate surface area is 243 Å². The quantitative estimate of drug-likeness (QED) is 0.307. The number of hydrogen-bond acceptors (Lipinski definition) is 4. The van der Waals surface area contributed by atoms with Crippen LogP contribution in [0, 0.1) is 0 Å². The van der Waals surface area contributed by atoms with Gasteiger partial charge >= 0.3 is 0 Å². The minimum atomic E-state index is -3.61. The minimum absolute atomic E-state index is 0.0630. The van der Waals surface area contributed by atoms with E-state index in [9.17, 15) is 18.0 Å². The Bertz CT molecular complexity index is 1380. The predicted octanol–water partition coefficient (Wildman–Crippen LogP) is 5.44. The van der Waals surface area contributed by atoms with Gasteiger partial charge in [0.2, 0.25) is 21.8 Å². The average molecular weight is 584 g/mol. The van der Waals surface area contributed by atoms with Crippen molar-refractivity contribution in [2.24, 2.45) is 0 Å². The topological polar surface area (TPSA) is 86.8 Å². The summed E-state index contributed by atoms with van der Waals surface area (Å²) in [6.45, 7) is 6.07. The largest absolute Gasteiger partial charge is 0.350 e. The van der Waals surface area contributed by atoms with E-state index >= 15 is 0 Å². The maximum atomic E-state index is 13.8. The molecule has 0 bridgehead atoms. The molecule has 0 unspecified atom stereocenters. The van der Waals surface area contributed by atoms with Crippen molar-refractivity contribution in [1.82, 2.24) is 10.2 Å². The fraction of sp³-hybridized carbons (Fsp3) is 0.355. The Morgan fingerprint density at radius 1 is 0.900 bits per heavy atom. The number of carbonyl (C=O) groups excluding carboxylic acids is 2. The number of anilines is 1. The zero-order valence-corrected chi connectivity index (χ0v) is 25.1. The third kappa shape index (κ3) is 9.68. The van der Waals surface area contributed by atoms with Gasteiger partial charge in [-0.05, 0) is 56.5 Å². The Kier molecular flexibility index (Phi) is 10.8.